The first kappa shape index (κ1) is 42.5. The van der Waals surface area contributed by atoms with Crippen molar-refractivity contribution in [1.82, 2.24) is 0 Å². The molecule has 6 rings (SSSR count). The van der Waals surface area contributed by atoms with Crippen molar-refractivity contribution >= 4 is 5.78 Å². The van der Waals surface area contributed by atoms with Crippen LogP contribution in [0.25, 0.3) is 0 Å². The molecule has 0 radical (unpaired) electrons. The van der Waals surface area contributed by atoms with E-state index in [0.29, 0.717) is 25.7 Å². The molecular weight excluding hydrogens is 700 g/mol. The highest BCUT2D eigenvalue weighted by Crippen LogP contribution is 2.75. The van der Waals surface area contributed by atoms with Gasteiger partial charge in [-0.3, -0.25) is 4.79 Å². The van der Waals surface area contributed by atoms with Crippen LogP contribution < -0.4 is 0 Å². The maximum Gasteiger partial charge on any atom is 0.186 e. The van der Waals surface area contributed by atoms with E-state index in [4.69, 9.17) is 18.9 Å². The molecule has 13 heteroatoms. The summed E-state index contributed by atoms with van der Waals surface area (Å²) < 4.78 is 23.6. The van der Waals surface area contributed by atoms with Crippen molar-refractivity contribution in [2.45, 2.75) is 173 Å². The van der Waals surface area contributed by atoms with Crippen molar-refractivity contribution in [3.8, 4) is 0 Å². The summed E-state index contributed by atoms with van der Waals surface area (Å²) in [6, 6.07) is 0. The average molecular weight is 769 g/mol. The molecule has 6 aliphatic rings. The van der Waals surface area contributed by atoms with Crippen LogP contribution in [0.5, 0.6) is 0 Å². The highest BCUT2D eigenvalue weighted by atomic mass is 16.7. The van der Waals surface area contributed by atoms with E-state index in [1.54, 1.807) is 0 Å². The summed E-state index contributed by atoms with van der Waals surface area (Å²) in [7, 11) is 0. The van der Waals surface area contributed by atoms with Crippen LogP contribution in [0.1, 0.15) is 106 Å². The van der Waals surface area contributed by atoms with Crippen molar-refractivity contribution in [3.63, 3.8) is 0 Å². The molecule has 2 heterocycles. The fourth-order valence-electron chi connectivity index (χ4n) is 12.9. The smallest absolute Gasteiger partial charge is 0.186 e. The minimum Gasteiger partial charge on any atom is -0.396 e. The molecule has 4 saturated carbocycles. The van der Waals surface area contributed by atoms with E-state index >= 15 is 0 Å². The number of aliphatic hydroxyl groups is 8. The molecule has 0 amide bonds. The van der Waals surface area contributed by atoms with Crippen LogP contribution in [0.2, 0.25) is 0 Å². The Morgan fingerprint density at radius 1 is 0.870 bits per heavy atom. The molecular formula is C41H68O13. The maximum absolute atomic E-state index is 14.0. The summed E-state index contributed by atoms with van der Waals surface area (Å²) in [4.78, 5) is 14.0. The lowest BCUT2D eigenvalue weighted by atomic mass is 9.35. The second-order valence-electron chi connectivity index (χ2n) is 19.4. The lowest BCUT2D eigenvalue weighted by molar-refractivity contribution is -0.361. The number of ether oxygens (including phenoxy) is 4. The summed E-state index contributed by atoms with van der Waals surface area (Å²) in [6.45, 7) is 13.9. The molecule has 0 spiro atoms. The third-order valence-corrected chi connectivity index (χ3v) is 15.9. The summed E-state index contributed by atoms with van der Waals surface area (Å²) in [5, 5.41) is 86.3. The van der Waals surface area contributed by atoms with E-state index in [1.807, 2.05) is 20.8 Å². The van der Waals surface area contributed by atoms with Gasteiger partial charge in [-0.15, -0.1) is 0 Å². The monoisotopic (exact) mass is 768 g/mol. The standard InChI is InChI=1S/C41H68O13/c1-21(2)9-8-14-40(7,50)29-22-10-11-27-38(5,39(22,6)17-23(29)44)15-12-26-37(3,4)28(13-16-41(26,27)20-43)53-36-33(49)31(47)34(25(18-42)52-36)54-35-32(48)30(46)24(45)19-51-35/h9,22,24-36,42-43,45-50H,8,10-20H2,1-7H3/t22-,24-,25-,26-,27+,28+,29-,30+,31-,32-,33-,34-,35-,36+,38+,39-,40+,41-/m0/s1. The van der Waals surface area contributed by atoms with Crippen molar-refractivity contribution in [2.24, 2.45) is 45.3 Å². The zero-order valence-electron chi connectivity index (χ0n) is 33.3. The second-order valence-corrected chi connectivity index (χ2v) is 19.4. The van der Waals surface area contributed by atoms with Gasteiger partial charge in [0.25, 0.3) is 0 Å². The first-order valence-electron chi connectivity index (χ1n) is 20.3. The third-order valence-electron chi connectivity index (χ3n) is 15.9. The molecule has 13 nitrogen and oxygen atoms in total. The fraction of sp³-hybridized carbons (Fsp3) is 0.927. The van der Waals surface area contributed by atoms with Gasteiger partial charge in [0.1, 0.15) is 48.5 Å². The lowest BCUT2D eigenvalue weighted by Gasteiger charge is -2.70. The Kier molecular flexibility index (Phi) is 12.0. The quantitative estimate of drug-likeness (QED) is 0.118. The number of hydrogen-bond donors (Lipinski definition) is 8. The topological polar surface area (TPSA) is 216 Å². The van der Waals surface area contributed by atoms with Gasteiger partial charge in [-0.1, -0.05) is 39.3 Å². The Morgan fingerprint density at radius 3 is 2.20 bits per heavy atom. The van der Waals surface area contributed by atoms with Gasteiger partial charge in [0.2, 0.25) is 0 Å². The molecule has 4 aliphatic carbocycles. The molecule has 0 unspecified atom stereocenters. The van der Waals surface area contributed by atoms with E-state index in [1.165, 1.54) is 5.57 Å². The number of aliphatic hydroxyl groups excluding tert-OH is 7. The number of fused-ring (bicyclic) bond motifs is 5. The van der Waals surface area contributed by atoms with Crippen molar-refractivity contribution in [3.05, 3.63) is 11.6 Å². The normalized spacial score (nSPS) is 50.0. The van der Waals surface area contributed by atoms with Gasteiger partial charge < -0.3 is 59.8 Å². The van der Waals surface area contributed by atoms with E-state index in [0.717, 1.165) is 32.1 Å². The van der Waals surface area contributed by atoms with Gasteiger partial charge in [-0.2, -0.15) is 0 Å². The maximum atomic E-state index is 14.0. The Labute approximate surface area is 320 Å². The van der Waals surface area contributed by atoms with Crippen LogP contribution >= 0.6 is 0 Å². The van der Waals surface area contributed by atoms with Crippen LogP contribution in [-0.2, 0) is 23.7 Å². The van der Waals surface area contributed by atoms with Crippen molar-refractivity contribution in [1.29, 1.82) is 0 Å². The molecule has 0 aromatic heterocycles. The van der Waals surface area contributed by atoms with Gasteiger partial charge in [-0.25, -0.2) is 0 Å². The number of hydrogen-bond acceptors (Lipinski definition) is 13. The molecule has 0 aromatic carbocycles. The first-order valence-corrected chi connectivity index (χ1v) is 20.3. The Balaban J connectivity index is 1.18. The lowest BCUT2D eigenvalue weighted by Crippen LogP contribution is -2.67. The van der Waals surface area contributed by atoms with Gasteiger partial charge in [0.05, 0.1) is 24.9 Å². The van der Waals surface area contributed by atoms with Gasteiger partial charge in [0.15, 0.2) is 12.6 Å². The molecule has 310 valence electrons. The highest BCUT2D eigenvalue weighted by Gasteiger charge is 2.72. The summed E-state index contributed by atoms with van der Waals surface area (Å²) in [5.41, 5.74) is -1.41. The van der Waals surface area contributed by atoms with Crippen LogP contribution in [0, 0.1) is 45.3 Å². The highest BCUT2D eigenvalue weighted by molar-refractivity contribution is 5.86. The van der Waals surface area contributed by atoms with Gasteiger partial charge in [-0.05, 0) is 106 Å². The van der Waals surface area contributed by atoms with Crippen LogP contribution in [0.3, 0.4) is 0 Å². The molecule has 8 N–H and O–H groups in total. The molecule has 2 saturated heterocycles. The third kappa shape index (κ3) is 6.77. The number of Topliss-reactive ketones (excluding diaryl/α,β-unsaturated/α-hetero) is 1. The Hall–Kier alpha value is -1.07. The Bertz CT molecular complexity index is 1380. The van der Waals surface area contributed by atoms with Crippen LogP contribution in [0.15, 0.2) is 11.6 Å². The van der Waals surface area contributed by atoms with E-state index in [-0.39, 0.29) is 47.6 Å². The number of ketones is 1. The van der Waals surface area contributed by atoms with E-state index in [9.17, 15) is 45.6 Å². The van der Waals surface area contributed by atoms with Crippen molar-refractivity contribution < 1.29 is 64.6 Å². The van der Waals surface area contributed by atoms with Gasteiger partial charge in [0, 0.05) is 24.4 Å². The summed E-state index contributed by atoms with van der Waals surface area (Å²) in [5.74, 6) is -0.0243. The number of rotatable bonds is 10. The second kappa shape index (κ2) is 15.3. The number of carbonyl (C=O) groups excluding carboxylic acids is 1. The zero-order chi connectivity index (χ0) is 39.8. The molecule has 18 atom stereocenters. The SMILES string of the molecule is CC(C)=CCC[C@@](C)(O)[C@@H]1C(=O)C[C@@]2(C)[C@H]1CC[C@H]1[C@]3(CO)CC[C@@H](O[C@H]4O[C@@H](CO)[C@H](O[C@@H]5OC[C@H](O)[C@@H](O)[C@@H]5O)[C@@H](O)[C@@H]4O)C(C)(C)[C@@H]3CC[C@]12C. The molecule has 54 heavy (non-hydrogen) atoms. The number of allylic oxidation sites excluding steroid dienone is 2. The first-order chi connectivity index (χ1) is 25.2. The van der Waals surface area contributed by atoms with Gasteiger partial charge >= 0.3 is 0 Å². The minimum atomic E-state index is -1.64. The summed E-state index contributed by atoms with van der Waals surface area (Å²) in [6.07, 6.45) is -5.08. The van der Waals surface area contributed by atoms with E-state index in [2.05, 4.69) is 33.8 Å². The predicted molar refractivity (Wildman–Crippen MR) is 195 cm³/mol. The average Bonchev–Trinajstić information content (AvgIpc) is 3.39. The van der Waals surface area contributed by atoms with Crippen LogP contribution in [0.4, 0.5) is 0 Å². The minimum absolute atomic E-state index is 0.000298. The predicted octanol–water partition coefficient (Wildman–Crippen LogP) is 1.97. The molecule has 0 aromatic rings. The molecule has 2 aliphatic heterocycles. The molecule has 6 fully saturated rings. The fourth-order valence-corrected chi connectivity index (χ4v) is 12.9. The summed E-state index contributed by atoms with van der Waals surface area (Å²) >= 11 is 0. The van der Waals surface area contributed by atoms with Crippen LogP contribution in [-0.4, -0.2) is 133 Å². The largest absolute Gasteiger partial charge is 0.396 e. The zero-order valence-corrected chi connectivity index (χ0v) is 33.3. The van der Waals surface area contributed by atoms with Crippen molar-refractivity contribution in [2.75, 3.05) is 19.8 Å². The van der Waals surface area contributed by atoms with E-state index < -0.39 is 90.4 Å². The number of carbonyl (C=O) groups is 1. The Morgan fingerprint density at radius 2 is 1.56 bits per heavy atom. The molecule has 0 bridgehead atoms.